The number of ether oxygens (including phenoxy) is 2. The van der Waals surface area contributed by atoms with Crippen molar-refractivity contribution in [2.24, 2.45) is 0 Å². The average molecular weight is 470 g/mol. The molecule has 0 aliphatic rings. The highest BCUT2D eigenvalue weighted by atomic mass is 16.5. The molecule has 35 heavy (non-hydrogen) atoms. The summed E-state index contributed by atoms with van der Waals surface area (Å²) in [6.07, 6.45) is 0. The molecule has 0 saturated heterocycles. The predicted molar refractivity (Wildman–Crippen MR) is 132 cm³/mol. The summed E-state index contributed by atoms with van der Waals surface area (Å²) in [6.45, 7) is 4.11. The third-order valence-corrected chi connectivity index (χ3v) is 5.42. The molecule has 0 unspecified atom stereocenters. The maximum absolute atomic E-state index is 13.3. The Hall–Kier alpha value is -4.66. The lowest BCUT2D eigenvalue weighted by Gasteiger charge is -2.09. The van der Waals surface area contributed by atoms with Crippen molar-refractivity contribution >= 4 is 28.3 Å². The van der Waals surface area contributed by atoms with Crippen LogP contribution in [-0.4, -0.2) is 31.7 Å². The fraction of sp³-hybridized carbons (Fsp3) is 0.154. The van der Waals surface area contributed by atoms with Gasteiger partial charge in [-0.05, 0) is 61.9 Å². The zero-order valence-corrected chi connectivity index (χ0v) is 19.3. The van der Waals surface area contributed by atoms with Gasteiger partial charge in [-0.3, -0.25) is 4.79 Å². The number of nitrogens with one attached hydrogen (secondary N) is 1. The third-order valence-electron chi connectivity index (χ3n) is 5.42. The van der Waals surface area contributed by atoms with Crippen molar-refractivity contribution in [1.29, 1.82) is 0 Å². The predicted octanol–water partition coefficient (Wildman–Crippen LogP) is 4.18. The molecule has 2 aromatic heterocycles. The molecule has 0 spiro atoms. The number of carbonyl (C=O) groups is 1. The number of benzene rings is 3. The number of hydrogen-bond acceptors (Lipinski definition) is 6. The highest BCUT2D eigenvalue weighted by Gasteiger charge is 2.19. The molecule has 0 aliphatic heterocycles. The van der Waals surface area contributed by atoms with Gasteiger partial charge in [0.25, 0.3) is 5.88 Å². The number of amides is 1. The molecule has 1 amide bonds. The minimum absolute atomic E-state index is 0.181. The van der Waals surface area contributed by atoms with Gasteiger partial charge in [-0.25, -0.2) is 18.9 Å². The number of carbonyl (C=O) groups excluding carboxylic acids is 1. The first-order valence-electron chi connectivity index (χ1n) is 11.2. The number of aryl methyl sites for hydroxylation is 1. The molecule has 1 N–H and O–H groups in total. The lowest BCUT2D eigenvalue weighted by Crippen LogP contribution is -2.28. The van der Waals surface area contributed by atoms with Crippen molar-refractivity contribution in [3.63, 3.8) is 0 Å². The van der Waals surface area contributed by atoms with Crippen molar-refractivity contribution in [2.75, 3.05) is 11.9 Å². The van der Waals surface area contributed by atoms with E-state index in [1.807, 2.05) is 50.2 Å². The first kappa shape index (κ1) is 22.1. The SMILES string of the molecule is CCOc1ccc(NC(=O)Cn2nc3c(Oc4ccccc4C)nc4ccccc4n3c2=O)cc1. The summed E-state index contributed by atoms with van der Waals surface area (Å²) in [4.78, 5) is 30.6. The van der Waals surface area contributed by atoms with E-state index in [1.165, 1.54) is 4.40 Å². The molecule has 176 valence electrons. The molecule has 0 atom stereocenters. The molecule has 9 heteroatoms. The lowest BCUT2D eigenvalue weighted by atomic mass is 10.2. The van der Waals surface area contributed by atoms with E-state index in [-0.39, 0.29) is 18.1 Å². The van der Waals surface area contributed by atoms with E-state index < -0.39 is 11.6 Å². The van der Waals surface area contributed by atoms with Crippen LogP contribution in [0.1, 0.15) is 12.5 Å². The Morgan fingerprint density at radius 1 is 1.00 bits per heavy atom. The van der Waals surface area contributed by atoms with Crippen LogP contribution >= 0.6 is 0 Å². The van der Waals surface area contributed by atoms with Gasteiger partial charge in [0.2, 0.25) is 11.6 Å². The Labute approximate surface area is 200 Å². The largest absolute Gasteiger partial charge is 0.494 e. The van der Waals surface area contributed by atoms with Crippen molar-refractivity contribution < 1.29 is 14.3 Å². The van der Waals surface area contributed by atoms with Gasteiger partial charge >= 0.3 is 5.69 Å². The molecule has 0 bridgehead atoms. The van der Waals surface area contributed by atoms with Crippen LogP contribution in [0, 0.1) is 6.92 Å². The Balaban J connectivity index is 1.50. The summed E-state index contributed by atoms with van der Waals surface area (Å²) in [7, 11) is 0. The Morgan fingerprint density at radius 3 is 2.51 bits per heavy atom. The minimum Gasteiger partial charge on any atom is -0.494 e. The van der Waals surface area contributed by atoms with Crippen LogP contribution in [0.2, 0.25) is 0 Å². The van der Waals surface area contributed by atoms with E-state index in [9.17, 15) is 9.59 Å². The zero-order chi connectivity index (χ0) is 24.4. The van der Waals surface area contributed by atoms with E-state index in [2.05, 4.69) is 15.4 Å². The smallest absolute Gasteiger partial charge is 0.351 e. The van der Waals surface area contributed by atoms with Crippen molar-refractivity contribution in [3.05, 3.63) is 88.8 Å². The first-order chi connectivity index (χ1) is 17.0. The molecular formula is C26H23N5O4. The van der Waals surface area contributed by atoms with Crippen molar-refractivity contribution in [2.45, 2.75) is 20.4 Å². The highest BCUT2D eigenvalue weighted by molar-refractivity contribution is 5.90. The molecular weight excluding hydrogens is 446 g/mol. The Morgan fingerprint density at radius 2 is 1.74 bits per heavy atom. The second-order valence-electron chi connectivity index (χ2n) is 7.88. The zero-order valence-electron chi connectivity index (χ0n) is 19.3. The average Bonchev–Trinajstić information content (AvgIpc) is 3.18. The summed E-state index contributed by atoms with van der Waals surface area (Å²) >= 11 is 0. The monoisotopic (exact) mass is 469 g/mol. The number of aromatic nitrogens is 4. The number of rotatable bonds is 7. The minimum atomic E-state index is -0.463. The number of hydrogen-bond donors (Lipinski definition) is 1. The van der Waals surface area contributed by atoms with Crippen LogP contribution in [0.15, 0.2) is 77.6 Å². The summed E-state index contributed by atoms with van der Waals surface area (Å²) in [5, 5.41) is 7.19. The molecule has 0 fully saturated rings. The van der Waals surface area contributed by atoms with Gasteiger partial charge in [0.05, 0.1) is 17.6 Å². The van der Waals surface area contributed by atoms with E-state index >= 15 is 0 Å². The van der Waals surface area contributed by atoms with Crippen LogP contribution in [-0.2, 0) is 11.3 Å². The maximum Gasteiger partial charge on any atom is 0.351 e. The number of anilines is 1. The van der Waals surface area contributed by atoms with E-state index in [1.54, 1.807) is 36.4 Å². The van der Waals surface area contributed by atoms with Crippen molar-refractivity contribution in [1.82, 2.24) is 19.2 Å². The van der Waals surface area contributed by atoms with E-state index in [0.29, 0.717) is 34.8 Å². The summed E-state index contributed by atoms with van der Waals surface area (Å²) in [5.41, 5.74) is 2.41. The molecule has 0 saturated carbocycles. The Kier molecular flexibility index (Phi) is 5.88. The standard InChI is InChI=1S/C26H23N5O4/c1-3-34-19-14-12-18(13-15-19)27-23(32)16-30-26(33)31-21-10-6-5-9-20(21)28-25(24(31)29-30)35-22-11-7-4-8-17(22)2/h4-15H,3,16H2,1-2H3,(H,27,32). The lowest BCUT2D eigenvalue weighted by molar-refractivity contribution is -0.117. The quantitative estimate of drug-likeness (QED) is 0.384. The third kappa shape index (κ3) is 4.43. The molecule has 0 aliphatic carbocycles. The van der Waals surface area contributed by atoms with Gasteiger partial charge in [0.15, 0.2) is 0 Å². The van der Waals surface area contributed by atoms with Crippen LogP contribution in [0.25, 0.3) is 16.7 Å². The van der Waals surface area contributed by atoms with E-state index in [0.717, 1.165) is 10.2 Å². The van der Waals surface area contributed by atoms with Gasteiger partial charge < -0.3 is 14.8 Å². The Bertz CT molecular complexity index is 1590. The van der Waals surface area contributed by atoms with Gasteiger partial charge in [0, 0.05) is 5.69 Å². The summed E-state index contributed by atoms with van der Waals surface area (Å²) in [5.74, 6) is 1.11. The number of nitrogens with zero attached hydrogens (tertiary/aromatic N) is 4. The van der Waals surface area contributed by atoms with Gasteiger partial charge in [-0.1, -0.05) is 30.3 Å². The second kappa shape index (κ2) is 9.30. The van der Waals surface area contributed by atoms with Crippen LogP contribution in [0.5, 0.6) is 17.4 Å². The highest BCUT2D eigenvalue weighted by Crippen LogP contribution is 2.28. The fourth-order valence-corrected chi connectivity index (χ4v) is 3.75. The normalized spacial score (nSPS) is 11.0. The van der Waals surface area contributed by atoms with Crippen LogP contribution in [0.4, 0.5) is 5.69 Å². The topological polar surface area (TPSA) is 99.8 Å². The molecule has 3 aromatic carbocycles. The van der Waals surface area contributed by atoms with Gasteiger partial charge in [-0.15, -0.1) is 5.10 Å². The number of para-hydroxylation sites is 3. The summed E-state index contributed by atoms with van der Waals surface area (Å²) in [6, 6.07) is 21.7. The van der Waals surface area contributed by atoms with Crippen LogP contribution in [0.3, 0.4) is 0 Å². The molecule has 2 heterocycles. The molecule has 9 nitrogen and oxygen atoms in total. The van der Waals surface area contributed by atoms with Crippen molar-refractivity contribution in [3.8, 4) is 17.4 Å². The van der Waals surface area contributed by atoms with Crippen LogP contribution < -0.4 is 20.5 Å². The maximum atomic E-state index is 13.3. The number of fused-ring (bicyclic) bond motifs is 3. The molecule has 5 aromatic rings. The molecule has 5 rings (SSSR count). The molecule has 0 radical (unpaired) electrons. The van der Waals surface area contributed by atoms with E-state index in [4.69, 9.17) is 9.47 Å². The fourth-order valence-electron chi connectivity index (χ4n) is 3.75. The summed E-state index contributed by atoms with van der Waals surface area (Å²) < 4.78 is 14.0. The first-order valence-corrected chi connectivity index (χ1v) is 11.2. The van der Waals surface area contributed by atoms with Gasteiger partial charge in [0.1, 0.15) is 18.0 Å². The second-order valence-corrected chi connectivity index (χ2v) is 7.88. The van der Waals surface area contributed by atoms with Gasteiger partial charge in [-0.2, -0.15) is 0 Å².